The number of ether oxygens (including phenoxy) is 2. The number of esters is 1. The minimum absolute atomic E-state index is 0.108. The summed E-state index contributed by atoms with van der Waals surface area (Å²) in [4.78, 5) is 38.1. The predicted octanol–water partition coefficient (Wildman–Crippen LogP) is 1.32. The fourth-order valence-electron chi connectivity index (χ4n) is 2.51. The third kappa shape index (κ3) is 6.34. The molecule has 0 radical (unpaired) electrons. The highest BCUT2D eigenvalue weighted by atomic mass is 32.2. The minimum atomic E-state index is -0.445. The molecule has 2 amide bonds. The lowest BCUT2D eigenvalue weighted by molar-refractivity contribution is -0.128. The number of nitrogens with zero attached hydrogens (tertiary/aromatic N) is 1. The first-order valence-electron chi connectivity index (χ1n) is 8.54. The number of nitrogens with one attached hydrogen (secondary N) is 1. The summed E-state index contributed by atoms with van der Waals surface area (Å²) in [7, 11) is 1.57. The number of rotatable bonds is 10. The molecule has 1 heterocycles. The summed E-state index contributed by atoms with van der Waals surface area (Å²) in [6.45, 7) is 2.22. The second-order valence-corrected chi connectivity index (χ2v) is 6.77. The third-order valence-corrected chi connectivity index (χ3v) is 4.93. The van der Waals surface area contributed by atoms with Crippen LogP contribution in [0.2, 0.25) is 0 Å². The van der Waals surface area contributed by atoms with Gasteiger partial charge in [-0.05, 0) is 18.6 Å². The molecule has 8 heteroatoms. The molecule has 1 aromatic rings. The second kappa shape index (κ2) is 10.8. The zero-order chi connectivity index (χ0) is 18.8. The highest BCUT2D eigenvalue weighted by Crippen LogP contribution is 2.23. The van der Waals surface area contributed by atoms with Crippen molar-refractivity contribution < 1.29 is 23.9 Å². The van der Waals surface area contributed by atoms with Crippen molar-refractivity contribution in [1.82, 2.24) is 10.2 Å². The van der Waals surface area contributed by atoms with Gasteiger partial charge in [0.15, 0.2) is 0 Å². The average Bonchev–Trinajstić information content (AvgIpc) is 3.05. The Balaban J connectivity index is 1.81. The van der Waals surface area contributed by atoms with Gasteiger partial charge in [0.25, 0.3) is 0 Å². The van der Waals surface area contributed by atoms with E-state index in [1.54, 1.807) is 30.2 Å². The van der Waals surface area contributed by atoms with Crippen molar-refractivity contribution in [1.29, 1.82) is 0 Å². The van der Waals surface area contributed by atoms with Crippen LogP contribution in [-0.4, -0.2) is 68.4 Å². The van der Waals surface area contributed by atoms with Crippen molar-refractivity contribution in [2.45, 2.75) is 17.7 Å². The summed E-state index contributed by atoms with van der Waals surface area (Å²) in [5.41, 5.74) is 0.426. The number of hydrogen-bond donors (Lipinski definition) is 1. The van der Waals surface area contributed by atoms with E-state index in [1.807, 2.05) is 6.07 Å². The van der Waals surface area contributed by atoms with Crippen molar-refractivity contribution in [2.75, 3.05) is 45.7 Å². The molecule has 0 aliphatic carbocycles. The number of carbonyl (C=O) groups excluding carboxylic acids is 3. The first-order chi connectivity index (χ1) is 12.6. The monoisotopic (exact) mass is 380 g/mol. The van der Waals surface area contributed by atoms with Crippen molar-refractivity contribution in [3.8, 4) is 0 Å². The average molecular weight is 380 g/mol. The Morgan fingerprint density at radius 1 is 1.27 bits per heavy atom. The molecule has 0 aromatic heterocycles. The minimum Gasteiger partial charge on any atom is -0.460 e. The van der Waals surface area contributed by atoms with Gasteiger partial charge in [0, 0.05) is 31.5 Å². The number of carbonyl (C=O) groups is 3. The smallest absolute Gasteiger partial charge is 0.339 e. The molecule has 1 aliphatic heterocycles. The van der Waals surface area contributed by atoms with Gasteiger partial charge in [-0.3, -0.25) is 9.59 Å². The lowest BCUT2D eigenvalue weighted by Gasteiger charge is -2.15. The molecule has 1 aliphatic rings. The number of amides is 2. The van der Waals surface area contributed by atoms with E-state index in [1.165, 1.54) is 11.8 Å². The lowest BCUT2D eigenvalue weighted by atomic mass is 10.2. The molecule has 1 aromatic carbocycles. The van der Waals surface area contributed by atoms with Crippen LogP contribution in [0.3, 0.4) is 0 Å². The molecule has 0 unspecified atom stereocenters. The van der Waals surface area contributed by atoms with Crippen LogP contribution in [0.1, 0.15) is 23.2 Å². The van der Waals surface area contributed by atoms with Crippen molar-refractivity contribution in [2.24, 2.45) is 0 Å². The molecule has 0 spiro atoms. The van der Waals surface area contributed by atoms with E-state index in [4.69, 9.17) is 9.47 Å². The maximum atomic E-state index is 12.3. The molecule has 26 heavy (non-hydrogen) atoms. The van der Waals surface area contributed by atoms with Gasteiger partial charge >= 0.3 is 5.97 Å². The standard InChI is InChI=1S/C18H24N2O5S/c1-24-11-8-19-16(21)13-26-15-6-3-2-5-14(15)18(23)25-12-10-20-9-4-7-17(20)22/h2-3,5-6H,4,7-13H2,1H3,(H,19,21). The molecule has 0 saturated carbocycles. The SMILES string of the molecule is COCCNC(=O)CSc1ccccc1C(=O)OCCN1CCCC1=O. The summed E-state index contributed by atoms with van der Waals surface area (Å²) >= 11 is 1.28. The summed E-state index contributed by atoms with van der Waals surface area (Å²) < 4.78 is 10.2. The summed E-state index contributed by atoms with van der Waals surface area (Å²) in [5.74, 6) is -0.255. The van der Waals surface area contributed by atoms with Crippen LogP contribution < -0.4 is 5.32 Å². The third-order valence-electron chi connectivity index (χ3n) is 3.86. The van der Waals surface area contributed by atoms with Crippen LogP contribution in [0.5, 0.6) is 0 Å². The fourth-order valence-corrected chi connectivity index (χ4v) is 3.39. The van der Waals surface area contributed by atoms with E-state index >= 15 is 0 Å². The molecule has 7 nitrogen and oxygen atoms in total. The van der Waals surface area contributed by atoms with Crippen molar-refractivity contribution >= 4 is 29.5 Å². The maximum absolute atomic E-state index is 12.3. The summed E-state index contributed by atoms with van der Waals surface area (Å²) in [6, 6.07) is 7.02. The molecule has 1 N–H and O–H groups in total. The highest BCUT2D eigenvalue weighted by molar-refractivity contribution is 8.00. The summed E-state index contributed by atoms with van der Waals surface area (Å²) in [5, 5.41) is 2.73. The van der Waals surface area contributed by atoms with Gasteiger partial charge in [-0.2, -0.15) is 0 Å². The maximum Gasteiger partial charge on any atom is 0.339 e. The quantitative estimate of drug-likeness (QED) is 0.374. The molecular formula is C18H24N2O5S. The summed E-state index contributed by atoms with van der Waals surface area (Å²) in [6.07, 6.45) is 1.43. The highest BCUT2D eigenvalue weighted by Gasteiger charge is 2.20. The molecule has 2 rings (SSSR count). The Hall–Kier alpha value is -2.06. The Kier molecular flexibility index (Phi) is 8.43. The fraction of sp³-hybridized carbons (Fsp3) is 0.500. The van der Waals surface area contributed by atoms with Crippen molar-refractivity contribution in [3.63, 3.8) is 0 Å². The first kappa shape index (κ1) is 20.3. The molecule has 142 valence electrons. The van der Waals surface area contributed by atoms with Crippen LogP contribution in [0.4, 0.5) is 0 Å². The number of benzene rings is 1. The van der Waals surface area contributed by atoms with Crippen LogP contribution in [0, 0.1) is 0 Å². The first-order valence-corrected chi connectivity index (χ1v) is 9.52. The Labute approximate surface area is 157 Å². The molecule has 0 atom stereocenters. The predicted molar refractivity (Wildman–Crippen MR) is 98.1 cm³/mol. The molecule has 1 fully saturated rings. The number of methoxy groups -OCH3 is 1. The molecule has 0 bridgehead atoms. The van der Waals surface area contributed by atoms with E-state index in [2.05, 4.69) is 5.32 Å². The Morgan fingerprint density at radius 3 is 2.81 bits per heavy atom. The lowest BCUT2D eigenvalue weighted by Crippen LogP contribution is -2.29. The molecular weight excluding hydrogens is 356 g/mol. The van der Waals surface area contributed by atoms with Crippen LogP contribution in [-0.2, 0) is 19.1 Å². The topological polar surface area (TPSA) is 84.9 Å². The van der Waals surface area contributed by atoms with Crippen LogP contribution in [0.25, 0.3) is 0 Å². The van der Waals surface area contributed by atoms with Crippen LogP contribution in [0.15, 0.2) is 29.2 Å². The number of thioether (sulfide) groups is 1. The van der Waals surface area contributed by atoms with Gasteiger partial charge in [0.05, 0.1) is 24.5 Å². The zero-order valence-electron chi connectivity index (χ0n) is 14.9. The van der Waals surface area contributed by atoms with Gasteiger partial charge in [-0.15, -0.1) is 11.8 Å². The van der Waals surface area contributed by atoms with E-state index in [-0.39, 0.29) is 24.2 Å². The Morgan fingerprint density at radius 2 is 2.08 bits per heavy atom. The normalized spacial score (nSPS) is 13.7. The van der Waals surface area contributed by atoms with Gasteiger partial charge in [0.2, 0.25) is 11.8 Å². The van der Waals surface area contributed by atoms with E-state index in [9.17, 15) is 14.4 Å². The van der Waals surface area contributed by atoms with E-state index in [0.29, 0.717) is 36.6 Å². The number of likely N-dealkylation sites (tertiary alicyclic amines) is 1. The van der Waals surface area contributed by atoms with Gasteiger partial charge in [-0.1, -0.05) is 12.1 Å². The second-order valence-electron chi connectivity index (χ2n) is 5.75. The van der Waals surface area contributed by atoms with E-state index in [0.717, 1.165) is 13.0 Å². The van der Waals surface area contributed by atoms with Gasteiger partial charge < -0.3 is 19.7 Å². The van der Waals surface area contributed by atoms with E-state index < -0.39 is 5.97 Å². The Bertz CT molecular complexity index is 638. The largest absolute Gasteiger partial charge is 0.460 e. The number of hydrogen-bond acceptors (Lipinski definition) is 6. The van der Waals surface area contributed by atoms with Crippen molar-refractivity contribution in [3.05, 3.63) is 29.8 Å². The van der Waals surface area contributed by atoms with Crippen LogP contribution >= 0.6 is 11.8 Å². The molecule has 1 saturated heterocycles. The van der Waals surface area contributed by atoms with Gasteiger partial charge in [-0.25, -0.2) is 4.79 Å². The van der Waals surface area contributed by atoms with Gasteiger partial charge in [0.1, 0.15) is 6.61 Å². The zero-order valence-corrected chi connectivity index (χ0v) is 15.7.